The average molecular weight is 268 g/mol. The van der Waals surface area contributed by atoms with E-state index in [2.05, 4.69) is 32.9 Å². The molecule has 19 heavy (non-hydrogen) atoms. The summed E-state index contributed by atoms with van der Waals surface area (Å²) in [6.45, 7) is 7.61. The maximum absolute atomic E-state index is 5.81. The van der Waals surface area contributed by atoms with Gasteiger partial charge in [0, 0.05) is 6.61 Å². The Labute approximate surface area is 121 Å². The van der Waals surface area contributed by atoms with Crippen molar-refractivity contribution >= 4 is 0 Å². The first kappa shape index (κ1) is 18.7. The monoisotopic (exact) mass is 268 g/mol. The van der Waals surface area contributed by atoms with Crippen molar-refractivity contribution in [2.75, 3.05) is 6.61 Å². The van der Waals surface area contributed by atoms with Crippen LogP contribution in [0.4, 0.5) is 0 Å². The molecule has 0 radical (unpaired) electrons. The molecule has 114 valence electrons. The molecule has 0 N–H and O–H groups in total. The molecule has 0 aromatic carbocycles. The number of allylic oxidation sites excluding steroid dienone is 2. The SMILES string of the molecule is CCCCCCC=CCCCCC(CC)OCCC. The summed E-state index contributed by atoms with van der Waals surface area (Å²) >= 11 is 0. The van der Waals surface area contributed by atoms with Crippen LogP contribution >= 0.6 is 0 Å². The van der Waals surface area contributed by atoms with Crippen LogP contribution in [-0.2, 0) is 4.74 Å². The van der Waals surface area contributed by atoms with E-state index in [1.54, 1.807) is 0 Å². The summed E-state index contributed by atoms with van der Waals surface area (Å²) in [6.07, 6.45) is 19.4. The van der Waals surface area contributed by atoms with E-state index in [1.807, 2.05) is 0 Å². The molecule has 0 aliphatic rings. The minimum atomic E-state index is 0.498. The second kappa shape index (κ2) is 15.8. The first-order chi connectivity index (χ1) is 9.35. The minimum absolute atomic E-state index is 0.498. The van der Waals surface area contributed by atoms with E-state index in [0.717, 1.165) is 19.4 Å². The van der Waals surface area contributed by atoms with Gasteiger partial charge in [0.05, 0.1) is 6.10 Å². The van der Waals surface area contributed by atoms with E-state index in [0.29, 0.717) is 6.10 Å². The van der Waals surface area contributed by atoms with Crippen molar-refractivity contribution < 1.29 is 4.74 Å². The Morgan fingerprint density at radius 3 is 2.05 bits per heavy atom. The molecular weight excluding hydrogens is 232 g/mol. The van der Waals surface area contributed by atoms with Crippen LogP contribution in [0.25, 0.3) is 0 Å². The molecule has 0 aromatic heterocycles. The predicted molar refractivity (Wildman–Crippen MR) is 86.7 cm³/mol. The molecule has 1 nitrogen and oxygen atoms in total. The quantitative estimate of drug-likeness (QED) is 0.266. The third-order valence-electron chi connectivity index (χ3n) is 3.55. The summed E-state index contributed by atoms with van der Waals surface area (Å²) in [4.78, 5) is 0. The number of unbranched alkanes of at least 4 members (excludes halogenated alkanes) is 6. The van der Waals surface area contributed by atoms with E-state index < -0.39 is 0 Å². The normalized spacial score (nSPS) is 13.2. The Hall–Kier alpha value is -0.300. The fourth-order valence-corrected chi connectivity index (χ4v) is 2.25. The van der Waals surface area contributed by atoms with Gasteiger partial charge in [-0.1, -0.05) is 58.6 Å². The zero-order valence-corrected chi connectivity index (χ0v) is 13.6. The van der Waals surface area contributed by atoms with Crippen molar-refractivity contribution in [3.8, 4) is 0 Å². The molecule has 0 saturated carbocycles. The molecular formula is C18H36O. The molecule has 0 heterocycles. The lowest BCUT2D eigenvalue weighted by atomic mass is 10.1. The number of hydrogen-bond donors (Lipinski definition) is 0. The maximum Gasteiger partial charge on any atom is 0.0572 e. The first-order valence-electron chi connectivity index (χ1n) is 8.61. The lowest BCUT2D eigenvalue weighted by Crippen LogP contribution is -2.12. The van der Waals surface area contributed by atoms with Gasteiger partial charge in [-0.05, 0) is 44.9 Å². The van der Waals surface area contributed by atoms with E-state index in [1.165, 1.54) is 57.8 Å². The molecule has 0 amide bonds. The lowest BCUT2D eigenvalue weighted by Gasteiger charge is -2.15. The van der Waals surface area contributed by atoms with Gasteiger partial charge < -0.3 is 4.74 Å². The van der Waals surface area contributed by atoms with Crippen LogP contribution in [0.2, 0.25) is 0 Å². The highest BCUT2D eigenvalue weighted by Crippen LogP contribution is 2.11. The van der Waals surface area contributed by atoms with E-state index in [4.69, 9.17) is 4.74 Å². The summed E-state index contributed by atoms with van der Waals surface area (Å²) in [6, 6.07) is 0. The van der Waals surface area contributed by atoms with Crippen LogP contribution in [0, 0.1) is 0 Å². The molecule has 1 atom stereocenters. The topological polar surface area (TPSA) is 9.23 Å². The minimum Gasteiger partial charge on any atom is -0.378 e. The molecule has 1 unspecified atom stereocenters. The van der Waals surface area contributed by atoms with Crippen molar-refractivity contribution in [2.45, 2.75) is 97.5 Å². The Morgan fingerprint density at radius 1 is 0.789 bits per heavy atom. The third kappa shape index (κ3) is 13.9. The Bertz CT molecular complexity index is 186. The van der Waals surface area contributed by atoms with Gasteiger partial charge in [0.2, 0.25) is 0 Å². The highest BCUT2D eigenvalue weighted by molar-refractivity contribution is 4.81. The van der Waals surface area contributed by atoms with Crippen molar-refractivity contribution in [1.29, 1.82) is 0 Å². The van der Waals surface area contributed by atoms with Gasteiger partial charge in [-0.3, -0.25) is 0 Å². The summed E-state index contributed by atoms with van der Waals surface area (Å²) in [5, 5.41) is 0. The molecule has 0 aromatic rings. The molecule has 0 spiro atoms. The molecule has 0 aliphatic carbocycles. The zero-order chi connectivity index (χ0) is 14.2. The highest BCUT2D eigenvalue weighted by Gasteiger charge is 2.04. The van der Waals surface area contributed by atoms with Gasteiger partial charge in [0.15, 0.2) is 0 Å². The van der Waals surface area contributed by atoms with Gasteiger partial charge in [-0.25, -0.2) is 0 Å². The maximum atomic E-state index is 5.81. The Balaban J connectivity index is 3.30. The van der Waals surface area contributed by atoms with Gasteiger partial charge >= 0.3 is 0 Å². The zero-order valence-electron chi connectivity index (χ0n) is 13.6. The largest absolute Gasteiger partial charge is 0.378 e. The second-order valence-corrected chi connectivity index (χ2v) is 5.51. The van der Waals surface area contributed by atoms with Crippen LogP contribution in [0.3, 0.4) is 0 Å². The number of hydrogen-bond acceptors (Lipinski definition) is 1. The van der Waals surface area contributed by atoms with Gasteiger partial charge in [0.25, 0.3) is 0 Å². The van der Waals surface area contributed by atoms with Crippen LogP contribution in [0.5, 0.6) is 0 Å². The summed E-state index contributed by atoms with van der Waals surface area (Å²) in [5.41, 5.74) is 0. The summed E-state index contributed by atoms with van der Waals surface area (Å²) < 4.78 is 5.81. The molecule has 0 aliphatic heterocycles. The van der Waals surface area contributed by atoms with Gasteiger partial charge in [-0.15, -0.1) is 0 Å². The van der Waals surface area contributed by atoms with Crippen molar-refractivity contribution in [3.05, 3.63) is 12.2 Å². The standard InChI is InChI=1S/C18H36O/c1-4-7-8-9-10-11-12-13-14-15-16-18(6-3)19-17-5-2/h11-12,18H,4-10,13-17H2,1-3H3. The number of ether oxygens (including phenoxy) is 1. The number of rotatable bonds is 14. The molecule has 0 rings (SSSR count). The van der Waals surface area contributed by atoms with E-state index >= 15 is 0 Å². The first-order valence-corrected chi connectivity index (χ1v) is 8.61. The Kier molecular flexibility index (Phi) is 15.5. The van der Waals surface area contributed by atoms with E-state index in [9.17, 15) is 0 Å². The molecule has 0 fully saturated rings. The highest BCUT2D eigenvalue weighted by atomic mass is 16.5. The molecule has 1 heteroatoms. The lowest BCUT2D eigenvalue weighted by molar-refractivity contribution is 0.0437. The molecule has 0 saturated heterocycles. The smallest absolute Gasteiger partial charge is 0.0572 e. The van der Waals surface area contributed by atoms with Crippen LogP contribution in [0.15, 0.2) is 12.2 Å². The second-order valence-electron chi connectivity index (χ2n) is 5.51. The Morgan fingerprint density at radius 2 is 1.47 bits per heavy atom. The summed E-state index contributed by atoms with van der Waals surface area (Å²) in [7, 11) is 0. The van der Waals surface area contributed by atoms with Gasteiger partial charge in [-0.2, -0.15) is 0 Å². The molecule has 0 bridgehead atoms. The van der Waals surface area contributed by atoms with Crippen molar-refractivity contribution in [2.24, 2.45) is 0 Å². The van der Waals surface area contributed by atoms with E-state index in [-0.39, 0.29) is 0 Å². The van der Waals surface area contributed by atoms with Gasteiger partial charge in [0.1, 0.15) is 0 Å². The van der Waals surface area contributed by atoms with Crippen LogP contribution in [0.1, 0.15) is 91.4 Å². The van der Waals surface area contributed by atoms with Crippen LogP contribution in [-0.4, -0.2) is 12.7 Å². The summed E-state index contributed by atoms with van der Waals surface area (Å²) in [5.74, 6) is 0. The third-order valence-corrected chi connectivity index (χ3v) is 3.55. The van der Waals surface area contributed by atoms with Crippen LogP contribution < -0.4 is 0 Å². The average Bonchev–Trinajstić information content (AvgIpc) is 2.44. The van der Waals surface area contributed by atoms with Crippen molar-refractivity contribution in [3.63, 3.8) is 0 Å². The van der Waals surface area contributed by atoms with Crippen molar-refractivity contribution in [1.82, 2.24) is 0 Å². The fourth-order valence-electron chi connectivity index (χ4n) is 2.25. The fraction of sp³-hybridized carbons (Fsp3) is 0.889. The predicted octanol–water partition coefficient (Wildman–Crippen LogP) is 6.28.